The first-order valence-electron chi connectivity index (χ1n) is 12.6. The van der Waals surface area contributed by atoms with E-state index in [9.17, 15) is 14.0 Å². The molecule has 4 aromatic rings. The van der Waals surface area contributed by atoms with Gasteiger partial charge >= 0.3 is 6.09 Å². The van der Waals surface area contributed by atoms with Crippen molar-refractivity contribution in [2.75, 3.05) is 13.2 Å². The van der Waals surface area contributed by atoms with Crippen LogP contribution in [0.1, 0.15) is 48.2 Å². The number of nitrogens with one attached hydrogen (secondary N) is 1. The SMILES string of the molecule is Cc1c(CCOc2cc(F)ccc2-c2ccc3ncc(CCNC(=O)OC(C)(C)C)n3c2)c(C(N)=O)nn1C. The highest BCUT2D eigenvalue weighted by Gasteiger charge is 2.18. The van der Waals surface area contributed by atoms with Crippen LogP contribution >= 0.6 is 0 Å². The molecule has 0 saturated carbocycles. The van der Waals surface area contributed by atoms with Crippen LogP contribution in [0.4, 0.5) is 9.18 Å². The summed E-state index contributed by atoms with van der Waals surface area (Å²) in [6.07, 6.45) is 4.09. The fraction of sp³-hybridized carbons (Fsp3) is 0.357. The summed E-state index contributed by atoms with van der Waals surface area (Å²) in [5.41, 5.74) is 9.75. The Morgan fingerprint density at radius 1 is 1.15 bits per heavy atom. The van der Waals surface area contributed by atoms with Crippen LogP contribution in [0.2, 0.25) is 0 Å². The standard InChI is InChI=1S/C28H33FN6O4/c1-17-21(25(26(30)36)33-34(17)5)11-13-38-23-14-19(29)7-8-22(23)18-6-9-24-32-15-20(35(24)16-18)10-12-31-27(37)39-28(2,3)4/h6-9,14-16H,10-13H2,1-5H3,(H2,30,36)(H,31,37). The van der Waals surface area contributed by atoms with E-state index in [1.165, 1.54) is 12.1 Å². The smallest absolute Gasteiger partial charge is 0.407 e. The largest absolute Gasteiger partial charge is 0.492 e. The van der Waals surface area contributed by atoms with E-state index in [4.69, 9.17) is 15.2 Å². The summed E-state index contributed by atoms with van der Waals surface area (Å²) in [5, 5.41) is 6.94. The van der Waals surface area contributed by atoms with E-state index in [0.29, 0.717) is 36.3 Å². The maximum absolute atomic E-state index is 14.2. The van der Waals surface area contributed by atoms with Crippen molar-refractivity contribution in [1.82, 2.24) is 24.5 Å². The number of carbonyl (C=O) groups is 2. The number of amides is 2. The average Bonchev–Trinajstić information content (AvgIpc) is 3.38. The zero-order valence-electron chi connectivity index (χ0n) is 22.7. The quantitative estimate of drug-likeness (QED) is 0.333. The third-order valence-corrected chi connectivity index (χ3v) is 6.19. The Morgan fingerprint density at radius 3 is 2.64 bits per heavy atom. The van der Waals surface area contributed by atoms with Crippen molar-refractivity contribution in [2.45, 2.75) is 46.1 Å². The van der Waals surface area contributed by atoms with Crippen molar-refractivity contribution in [2.24, 2.45) is 12.8 Å². The lowest BCUT2D eigenvalue weighted by atomic mass is 10.1. The Morgan fingerprint density at radius 2 is 1.92 bits per heavy atom. The number of primary amides is 1. The minimum atomic E-state index is -0.606. The molecule has 0 spiro atoms. The van der Waals surface area contributed by atoms with Crippen molar-refractivity contribution < 1.29 is 23.5 Å². The van der Waals surface area contributed by atoms with Gasteiger partial charge in [-0.25, -0.2) is 14.2 Å². The summed E-state index contributed by atoms with van der Waals surface area (Å²) in [6, 6.07) is 8.14. The molecule has 1 aromatic carbocycles. The summed E-state index contributed by atoms with van der Waals surface area (Å²) in [5.74, 6) is -0.669. The Kier molecular flexibility index (Phi) is 7.89. The first kappa shape index (κ1) is 27.6. The van der Waals surface area contributed by atoms with E-state index < -0.39 is 23.4 Å². The van der Waals surface area contributed by atoms with Gasteiger partial charge in [0.1, 0.15) is 22.8 Å². The number of nitrogens with zero attached hydrogens (tertiary/aromatic N) is 4. The number of hydrogen-bond donors (Lipinski definition) is 2. The molecule has 0 bridgehead atoms. The highest BCUT2D eigenvalue weighted by Crippen LogP contribution is 2.31. The van der Waals surface area contributed by atoms with E-state index in [1.807, 2.05) is 50.4 Å². The fourth-order valence-corrected chi connectivity index (χ4v) is 4.25. The highest BCUT2D eigenvalue weighted by molar-refractivity contribution is 5.92. The first-order chi connectivity index (χ1) is 18.4. The van der Waals surface area contributed by atoms with Crippen LogP contribution in [0.5, 0.6) is 5.75 Å². The van der Waals surface area contributed by atoms with Crippen LogP contribution in [-0.2, 0) is 24.6 Å². The van der Waals surface area contributed by atoms with Gasteiger partial charge in [0, 0.05) is 73.0 Å². The van der Waals surface area contributed by atoms with Gasteiger partial charge in [-0.1, -0.05) is 0 Å². The summed E-state index contributed by atoms with van der Waals surface area (Å²) in [4.78, 5) is 28.2. The second-order valence-corrected chi connectivity index (χ2v) is 10.2. The number of nitrogens with two attached hydrogens (primary N) is 1. The molecule has 4 rings (SSSR count). The molecule has 10 nitrogen and oxygen atoms in total. The van der Waals surface area contributed by atoms with Crippen LogP contribution in [0.25, 0.3) is 16.8 Å². The molecule has 3 N–H and O–H groups in total. The third kappa shape index (κ3) is 6.54. The number of carbonyl (C=O) groups excluding carboxylic acids is 2. The molecule has 206 valence electrons. The first-order valence-corrected chi connectivity index (χ1v) is 12.6. The second-order valence-electron chi connectivity index (χ2n) is 10.2. The average molecular weight is 537 g/mol. The summed E-state index contributed by atoms with van der Waals surface area (Å²) < 4.78 is 29.0. The lowest BCUT2D eigenvalue weighted by Gasteiger charge is -2.19. The molecule has 0 unspecified atom stereocenters. The van der Waals surface area contributed by atoms with Crippen molar-refractivity contribution in [3.8, 4) is 16.9 Å². The number of fused-ring (bicyclic) bond motifs is 1. The zero-order chi connectivity index (χ0) is 28.3. The number of aromatic nitrogens is 4. The maximum Gasteiger partial charge on any atom is 0.407 e. The minimum Gasteiger partial charge on any atom is -0.492 e. The van der Waals surface area contributed by atoms with E-state index in [2.05, 4.69) is 15.4 Å². The molecule has 0 radical (unpaired) electrons. The van der Waals surface area contributed by atoms with Gasteiger partial charge in [0.2, 0.25) is 0 Å². The van der Waals surface area contributed by atoms with Crippen LogP contribution in [0.3, 0.4) is 0 Å². The molecule has 3 aromatic heterocycles. The lowest BCUT2D eigenvalue weighted by molar-refractivity contribution is 0.0528. The Bertz CT molecular complexity index is 1520. The van der Waals surface area contributed by atoms with E-state index in [0.717, 1.165) is 22.6 Å². The Labute approximate surface area is 225 Å². The van der Waals surface area contributed by atoms with Crippen LogP contribution in [0.15, 0.2) is 42.7 Å². The number of rotatable bonds is 9. The van der Waals surface area contributed by atoms with Gasteiger partial charge < -0.3 is 24.9 Å². The predicted octanol–water partition coefficient (Wildman–Crippen LogP) is 3.97. The van der Waals surface area contributed by atoms with E-state index in [-0.39, 0.29) is 12.3 Å². The number of ether oxygens (including phenoxy) is 2. The fourth-order valence-electron chi connectivity index (χ4n) is 4.25. The normalized spacial score (nSPS) is 11.5. The Hall–Kier alpha value is -4.41. The predicted molar refractivity (Wildman–Crippen MR) is 144 cm³/mol. The number of imidazole rings is 1. The molecular formula is C28H33FN6O4. The van der Waals surface area contributed by atoms with Crippen molar-refractivity contribution in [3.05, 3.63) is 71.2 Å². The maximum atomic E-state index is 14.2. The molecule has 0 aliphatic carbocycles. The molecule has 0 saturated heterocycles. The second kappa shape index (κ2) is 11.1. The third-order valence-electron chi connectivity index (χ3n) is 6.19. The van der Waals surface area contributed by atoms with Crippen molar-refractivity contribution in [1.29, 1.82) is 0 Å². The summed E-state index contributed by atoms with van der Waals surface area (Å²) in [7, 11) is 1.74. The van der Waals surface area contributed by atoms with E-state index in [1.54, 1.807) is 24.0 Å². The number of benzene rings is 1. The molecule has 3 heterocycles. The van der Waals surface area contributed by atoms with Gasteiger partial charge in [-0.15, -0.1) is 0 Å². The van der Waals surface area contributed by atoms with Gasteiger partial charge in [0.15, 0.2) is 5.69 Å². The van der Waals surface area contributed by atoms with Gasteiger partial charge in [0.05, 0.1) is 6.61 Å². The number of alkyl carbamates (subject to hydrolysis) is 1. The molecule has 0 fully saturated rings. The number of halogens is 1. The van der Waals surface area contributed by atoms with E-state index >= 15 is 0 Å². The van der Waals surface area contributed by atoms with Gasteiger partial charge in [-0.2, -0.15) is 5.10 Å². The molecule has 0 atom stereocenters. The Balaban J connectivity index is 1.52. The highest BCUT2D eigenvalue weighted by atomic mass is 19.1. The van der Waals surface area contributed by atoms with Crippen molar-refractivity contribution in [3.63, 3.8) is 0 Å². The molecule has 11 heteroatoms. The van der Waals surface area contributed by atoms with Crippen molar-refractivity contribution >= 4 is 17.6 Å². The molecule has 0 aliphatic heterocycles. The number of aryl methyl sites for hydroxylation is 1. The van der Waals surface area contributed by atoms with Crippen LogP contribution < -0.4 is 15.8 Å². The topological polar surface area (TPSA) is 126 Å². The van der Waals surface area contributed by atoms with Gasteiger partial charge in [-0.05, 0) is 52.0 Å². The minimum absolute atomic E-state index is 0.193. The molecular weight excluding hydrogens is 503 g/mol. The number of pyridine rings is 1. The molecule has 39 heavy (non-hydrogen) atoms. The monoisotopic (exact) mass is 536 g/mol. The van der Waals surface area contributed by atoms with Crippen LogP contribution in [-0.4, -0.2) is 49.9 Å². The summed E-state index contributed by atoms with van der Waals surface area (Å²) >= 11 is 0. The summed E-state index contributed by atoms with van der Waals surface area (Å²) in [6.45, 7) is 7.85. The van der Waals surface area contributed by atoms with Gasteiger partial charge in [0.25, 0.3) is 5.91 Å². The molecule has 0 aliphatic rings. The zero-order valence-corrected chi connectivity index (χ0v) is 22.7. The van der Waals surface area contributed by atoms with Crippen LogP contribution in [0, 0.1) is 12.7 Å². The lowest BCUT2D eigenvalue weighted by Crippen LogP contribution is -2.33. The van der Waals surface area contributed by atoms with Gasteiger partial charge in [-0.3, -0.25) is 9.48 Å². The molecule has 2 amide bonds. The number of hydrogen-bond acceptors (Lipinski definition) is 6.